The first-order valence-electron chi connectivity index (χ1n) is 6.13. The first-order chi connectivity index (χ1) is 8.52. The number of hydrogen-bond donors (Lipinski definition) is 1. The van der Waals surface area contributed by atoms with Crippen molar-refractivity contribution in [3.63, 3.8) is 0 Å². The molecule has 1 aromatic carbocycles. The molecule has 2 aromatic rings. The van der Waals surface area contributed by atoms with Crippen LogP contribution in [0.5, 0.6) is 0 Å². The van der Waals surface area contributed by atoms with Gasteiger partial charge in [-0.2, -0.15) is 0 Å². The monoisotopic (exact) mass is 241 g/mol. The van der Waals surface area contributed by atoms with Crippen LogP contribution in [-0.4, -0.2) is 17.0 Å². The number of rotatable bonds is 2. The molecule has 1 heterocycles. The summed E-state index contributed by atoms with van der Waals surface area (Å²) in [5.41, 5.74) is 5.74. The molecular formula is C15H19N3. The standard InChI is InChI=1S/C15H19N3/c1-9-6-7-13(8-10(9)2)15-17-12(4)11(3)14(16-5)18-15/h6-8H,1-5H3,(H,16,17,18). The van der Waals surface area contributed by atoms with Crippen LogP contribution in [0.15, 0.2) is 18.2 Å². The maximum absolute atomic E-state index is 4.57. The topological polar surface area (TPSA) is 37.8 Å². The second-order valence-corrected chi connectivity index (χ2v) is 4.66. The van der Waals surface area contributed by atoms with E-state index in [0.29, 0.717) is 0 Å². The van der Waals surface area contributed by atoms with E-state index in [1.54, 1.807) is 0 Å². The van der Waals surface area contributed by atoms with Crippen molar-refractivity contribution < 1.29 is 0 Å². The van der Waals surface area contributed by atoms with Crippen molar-refractivity contribution >= 4 is 5.82 Å². The molecule has 0 aliphatic carbocycles. The average molecular weight is 241 g/mol. The Hall–Kier alpha value is -1.90. The van der Waals surface area contributed by atoms with Gasteiger partial charge >= 0.3 is 0 Å². The lowest BCUT2D eigenvalue weighted by atomic mass is 10.1. The Morgan fingerprint density at radius 2 is 1.67 bits per heavy atom. The highest BCUT2D eigenvalue weighted by molar-refractivity contribution is 5.61. The maximum atomic E-state index is 4.57. The molecule has 0 saturated carbocycles. The van der Waals surface area contributed by atoms with Crippen molar-refractivity contribution in [2.24, 2.45) is 0 Å². The summed E-state index contributed by atoms with van der Waals surface area (Å²) in [7, 11) is 1.89. The Morgan fingerprint density at radius 1 is 0.944 bits per heavy atom. The summed E-state index contributed by atoms with van der Waals surface area (Å²) in [6, 6.07) is 6.33. The van der Waals surface area contributed by atoms with E-state index < -0.39 is 0 Å². The fraction of sp³-hybridized carbons (Fsp3) is 0.333. The van der Waals surface area contributed by atoms with Crippen molar-refractivity contribution in [2.45, 2.75) is 27.7 Å². The molecule has 3 heteroatoms. The molecule has 18 heavy (non-hydrogen) atoms. The summed E-state index contributed by atoms with van der Waals surface area (Å²) in [5.74, 6) is 1.68. The van der Waals surface area contributed by atoms with Crippen LogP contribution in [0.25, 0.3) is 11.4 Å². The number of aromatic nitrogens is 2. The Morgan fingerprint density at radius 3 is 2.28 bits per heavy atom. The molecule has 0 atom stereocenters. The van der Waals surface area contributed by atoms with E-state index in [-0.39, 0.29) is 0 Å². The molecule has 0 radical (unpaired) electrons. The Balaban J connectivity index is 2.57. The van der Waals surface area contributed by atoms with Gasteiger partial charge in [0, 0.05) is 23.9 Å². The van der Waals surface area contributed by atoms with Crippen molar-refractivity contribution in [1.29, 1.82) is 0 Å². The first-order valence-corrected chi connectivity index (χ1v) is 6.13. The minimum Gasteiger partial charge on any atom is -0.373 e. The fourth-order valence-electron chi connectivity index (χ4n) is 1.88. The van der Waals surface area contributed by atoms with Crippen molar-refractivity contribution in [3.05, 3.63) is 40.6 Å². The number of benzene rings is 1. The van der Waals surface area contributed by atoms with E-state index in [9.17, 15) is 0 Å². The molecule has 0 unspecified atom stereocenters. The van der Waals surface area contributed by atoms with Crippen LogP contribution >= 0.6 is 0 Å². The second kappa shape index (κ2) is 4.77. The number of nitrogens with one attached hydrogen (secondary N) is 1. The molecule has 0 amide bonds. The van der Waals surface area contributed by atoms with Gasteiger partial charge in [-0.15, -0.1) is 0 Å². The van der Waals surface area contributed by atoms with Gasteiger partial charge in [-0.1, -0.05) is 12.1 Å². The molecule has 0 spiro atoms. The fourth-order valence-corrected chi connectivity index (χ4v) is 1.88. The first kappa shape index (κ1) is 12.6. The quantitative estimate of drug-likeness (QED) is 0.875. The van der Waals surface area contributed by atoms with Crippen LogP contribution in [0.1, 0.15) is 22.4 Å². The van der Waals surface area contributed by atoms with E-state index in [4.69, 9.17) is 0 Å². The second-order valence-electron chi connectivity index (χ2n) is 4.66. The largest absolute Gasteiger partial charge is 0.373 e. The lowest BCUT2D eigenvalue weighted by Crippen LogP contribution is -2.02. The van der Waals surface area contributed by atoms with Crippen LogP contribution in [-0.2, 0) is 0 Å². The molecule has 0 fully saturated rings. The minimum absolute atomic E-state index is 0.783. The minimum atomic E-state index is 0.783. The lowest BCUT2D eigenvalue weighted by molar-refractivity contribution is 1.07. The van der Waals surface area contributed by atoms with E-state index >= 15 is 0 Å². The van der Waals surface area contributed by atoms with E-state index in [1.165, 1.54) is 11.1 Å². The highest BCUT2D eigenvalue weighted by Crippen LogP contribution is 2.23. The predicted molar refractivity (Wildman–Crippen MR) is 76.0 cm³/mol. The molecule has 0 aliphatic heterocycles. The van der Waals surface area contributed by atoms with Crippen LogP contribution in [0.4, 0.5) is 5.82 Å². The van der Waals surface area contributed by atoms with Gasteiger partial charge in [-0.25, -0.2) is 9.97 Å². The molecule has 3 nitrogen and oxygen atoms in total. The number of anilines is 1. The molecule has 0 bridgehead atoms. The molecule has 1 aromatic heterocycles. The summed E-state index contributed by atoms with van der Waals surface area (Å²) in [6.45, 7) is 8.27. The van der Waals surface area contributed by atoms with Gasteiger partial charge in [0.1, 0.15) is 5.82 Å². The van der Waals surface area contributed by atoms with Gasteiger partial charge < -0.3 is 5.32 Å². The normalized spacial score (nSPS) is 10.5. The van der Waals surface area contributed by atoms with Crippen molar-refractivity contribution in [1.82, 2.24) is 9.97 Å². The Labute approximate surface area is 108 Å². The van der Waals surface area contributed by atoms with Gasteiger partial charge in [0.15, 0.2) is 5.82 Å². The van der Waals surface area contributed by atoms with Crippen molar-refractivity contribution in [3.8, 4) is 11.4 Å². The zero-order chi connectivity index (χ0) is 13.3. The summed E-state index contributed by atoms with van der Waals surface area (Å²) < 4.78 is 0. The highest BCUT2D eigenvalue weighted by Gasteiger charge is 2.09. The molecule has 94 valence electrons. The summed E-state index contributed by atoms with van der Waals surface area (Å²) >= 11 is 0. The van der Waals surface area contributed by atoms with Crippen LogP contribution < -0.4 is 5.32 Å². The van der Waals surface area contributed by atoms with Gasteiger partial charge in [0.05, 0.1) is 0 Å². The summed E-state index contributed by atoms with van der Waals surface area (Å²) in [5, 5.41) is 3.12. The van der Waals surface area contributed by atoms with Gasteiger partial charge in [-0.05, 0) is 44.9 Å². The average Bonchev–Trinajstić information content (AvgIpc) is 2.36. The highest BCUT2D eigenvalue weighted by atomic mass is 15.0. The van der Waals surface area contributed by atoms with Gasteiger partial charge in [-0.3, -0.25) is 0 Å². The SMILES string of the molecule is CNc1nc(-c2ccc(C)c(C)c2)nc(C)c1C. The predicted octanol–water partition coefficient (Wildman–Crippen LogP) is 3.42. The molecular weight excluding hydrogens is 222 g/mol. The maximum Gasteiger partial charge on any atom is 0.161 e. The van der Waals surface area contributed by atoms with Crippen LogP contribution in [0, 0.1) is 27.7 Å². The van der Waals surface area contributed by atoms with Gasteiger partial charge in [0.2, 0.25) is 0 Å². The Bertz CT molecular complexity index is 589. The zero-order valence-electron chi connectivity index (χ0n) is 11.6. The number of aryl methyl sites for hydroxylation is 3. The third-order valence-corrected chi connectivity index (χ3v) is 3.39. The summed E-state index contributed by atoms with van der Waals surface area (Å²) in [4.78, 5) is 9.14. The third kappa shape index (κ3) is 2.21. The van der Waals surface area contributed by atoms with E-state index in [1.807, 2.05) is 20.9 Å². The molecule has 2 rings (SSSR count). The summed E-state index contributed by atoms with van der Waals surface area (Å²) in [6.07, 6.45) is 0. The Kier molecular flexibility index (Phi) is 3.32. The zero-order valence-corrected chi connectivity index (χ0v) is 11.6. The van der Waals surface area contributed by atoms with Gasteiger partial charge in [0.25, 0.3) is 0 Å². The van der Waals surface area contributed by atoms with Crippen molar-refractivity contribution in [2.75, 3.05) is 12.4 Å². The lowest BCUT2D eigenvalue weighted by Gasteiger charge is -2.10. The number of hydrogen-bond acceptors (Lipinski definition) is 3. The smallest absolute Gasteiger partial charge is 0.161 e. The van der Waals surface area contributed by atoms with E-state index in [2.05, 4.69) is 47.3 Å². The molecule has 0 saturated heterocycles. The number of nitrogens with zero attached hydrogens (tertiary/aromatic N) is 2. The molecule has 0 aliphatic rings. The third-order valence-electron chi connectivity index (χ3n) is 3.39. The van der Waals surface area contributed by atoms with Crippen LogP contribution in [0.3, 0.4) is 0 Å². The molecule has 1 N–H and O–H groups in total. The van der Waals surface area contributed by atoms with Crippen LogP contribution in [0.2, 0.25) is 0 Å². The van der Waals surface area contributed by atoms with E-state index in [0.717, 1.165) is 28.5 Å².